The Kier molecular flexibility index (Phi) is 8.02. The highest BCUT2D eigenvalue weighted by atomic mass is 35.5. The number of ether oxygens (including phenoxy) is 3. The summed E-state index contributed by atoms with van der Waals surface area (Å²) in [5, 5.41) is 7.80. The fourth-order valence-electron chi connectivity index (χ4n) is 4.23. The first-order valence-electron chi connectivity index (χ1n) is 12.2. The Balaban J connectivity index is 1.41. The minimum Gasteiger partial charge on any atom is -0.458 e. The number of halogens is 1. The Morgan fingerprint density at radius 3 is 2.81 bits per heavy atom. The van der Waals surface area contributed by atoms with Gasteiger partial charge in [0.25, 0.3) is 5.91 Å². The van der Waals surface area contributed by atoms with Gasteiger partial charge in [0, 0.05) is 18.3 Å². The van der Waals surface area contributed by atoms with Gasteiger partial charge in [0.1, 0.15) is 23.7 Å². The largest absolute Gasteiger partial charge is 0.458 e. The topological polar surface area (TPSA) is 94.9 Å². The summed E-state index contributed by atoms with van der Waals surface area (Å²) in [7, 11) is 0. The smallest absolute Gasteiger partial charge is 0.251 e. The maximum absolute atomic E-state index is 13.4. The molecule has 1 aromatic carbocycles. The standard InChI is InChI=1S/C26H33ClN4O5/c1-5-17(2)12-21(31-15-18(13-24(31)32)35-22-9-7-6-8-20(22)27)25(33)28-23-10-11-30(29-23)14-19-16-34-26(3,4)36-19/h6-11,13,17,19,21H,5,12,14-16H2,1-4H3,(H,28,29,33)/t17-,19-,21?/m1/s1. The van der Waals surface area contributed by atoms with Crippen LogP contribution in [0.2, 0.25) is 5.02 Å². The van der Waals surface area contributed by atoms with Crippen molar-refractivity contribution in [1.29, 1.82) is 0 Å². The summed E-state index contributed by atoms with van der Waals surface area (Å²) in [6, 6.07) is 8.13. The SMILES string of the molecule is CC[C@@H](C)CC(C(=O)Nc1ccn(C[C@@H]2COC(C)(C)O2)n1)N1CC(Oc2ccccc2Cl)=CC1=O. The Hall–Kier alpha value is -2.88. The Morgan fingerprint density at radius 1 is 1.33 bits per heavy atom. The van der Waals surface area contributed by atoms with Gasteiger partial charge in [0.2, 0.25) is 5.91 Å². The molecule has 0 aliphatic carbocycles. The van der Waals surface area contributed by atoms with Crippen LogP contribution in [0.15, 0.2) is 48.4 Å². The number of carbonyl (C=O) groups is 2. The lowest BCUT2D eigenvalue weighted by molar-refractivity contribution is -0.139. The summed E-state index contributed by atoms with van der Waals surface area (Å²) in [6.45, 7) is 9.04. The molecule has 9 nitrogen and oxygen atoms in total. The molecule has 0 spiro atoms. The van der Waals surface area contributed by atoms with Crippen molar-refractivity contribution in [3.05, 3.63) is 53.4 Å². The predicted octanol–water partition coefficient (Wildman–Crippen LogP) is 4.24. The molecule has 2 aromatic rings. The Bertz CT molecular complexity index is 1130. The van der Waals surface area contributed by atoms with Crippen LogP contribution in [-0.2, 0) is 25.6 Å². The molecule has 0 saturated carbocycles. The number of anilines is 1. The van der Waals surface area contributed by atoms with Crippen molar-refractivity contribution in [2.24, 2.45) is 5.92 Å². The highest BCUT2D eigenvalue weighted by molar-refractivity contribution is 6.32. The van der Waals surface area contributed by atoms with Crippen LogP contribution in [0.3, 0.4) is 0 Å². The third kappa shape index (κ3) is 6.46. The van der Waals surface area contributed by atoms with Crippen LogP contribution < -0.4 is 10.1 Å². The van der Waals surface area contributed by atoms with Crippen LogP contribution in [0.4, 0.5) is 5.82 Å². The highest BCUT2D eigenvalue weighted by Crippen LogP contribution is 2.28. The summed E-state index contributed by atoms with van der Waals surface area (Å²) in [5.41, 5.74) is 0. The number of benzene rings is 1. The van der Waals surface area contributed by atoms with Crippen molar-refractivity contribution in [2.75, 3.05) is 18.5 Å². The molecule has 36 heavy (non-hydrogen) atoms. The molecule has 1 aromatic heterocycles. The molecular formula is C26H33ClN4O5. The van der Waals surface area contributed by atoms with Gasteiger partial charge in [-0.25, -0.2) is 0 Å². The van der Waals surface area contributed by atoms with Crippen molar-refractivity contribution in [1.82, 2.24) is 14.7 Å². The first-order chi connectivity index (χ1) is 17.1. The molecule has 10 heteroatoms. The lowest BCUT2D eigenvalue weighted by Gasteiger charge is -2.28. The van der Waals surface area contributed by atoms with Crippen molar-refractivity contribution >= 4 is 29.2 Å². The summed E-state index contributed by atoms with van der Waals surface area (Å²) in [6.07, 6.45) is 4.49. The van der Waals surface area contributed by atoms with Crippen LogP contribution in [0.1, 0.15) is 40.5 Å². The van der Waals surface area contributed by atoms with E-state index in [-0.39, 0.29) is 30.4 Å². The quantitative estimate of drug-likeness (QED) is 0.507. The van der Waals surface area contributed by atoms with Crippen LogP contribution >= 0.6 is 11.6 Å². The van der Waals surface area contributed by atoms with Crippen LogP contribution in [0.25, 0.3) is 0 Å². The van der Waals surface area contributed by atoms with E-state index in [4.69, 9.17) is 25.8 Å². The molecule has 2 amide bonds. The van der Waals surface area contributed by atoms with E-state index in [9.17, 15) is 9.59 Å². The summed E-state index contributed by atoms with van der Waals surface area (Å²) in [5.74, 6) is 0.398. The second-order valence-corrected chi connectivity index (χ2v) is 10.1. The van der Waals surface area contributed by atoms with Crippen LogP contribution in [-0.4, -0.2) is 57.6 Å². The fraction of sp³-hybridized carbons (Fsp3) is 0.500. The zero-order chi connectivity index (χ0) is 25.9. The molecule has 3 atom stereocenters. The molecule has 194 valence electrons. The molecule has 2 aliphatic heterocycles. The number of carbonyl (C=O) groups excluding carboxylic acids is 2. The minimum absolute atomic E-state index is 0.119. The molecule has 2 aliphatic rings. The van der Waals surface area contributed by atoms with Gasteiger partial charge in [-0.3, -0.25) is 14.3 Å². The molecule has 0 radical (unpaired) electrons. The molecule has 4 rings (SSSR count). The van der Waals surface area contributed by atoms with E-state index in [2.05, 4.69) is 24.3 Å². The van der Waals surface area contributed by atoms with Gasteiger partial charge in [-0.15, -0.1) is 0 Å². The maximum Gasteiger partial charge on any atom is 0.251 e. The normalized spacial score (nSPS) is 20.8. The summed E-state index contributed by atoms with van der Waals surface area (Å²) >= 11 is 6.20. The number of nitrogens with zero attached hydrogens (tertiary/aromatic N) is 3. The number of hydrogen-bond acceptors (Lipinski definition) is 6. The second kappa shape index (κ2) is 11.0. The number of amides is 2. The monoisotopic (exact) mass is 516 g/mol. The minimum atomic E-state index is -0.673. The van der Waals surface area contributed by atoms with Crippen molar-refractivity contribution in [3.8, 4) is 5.75 Å². The Morgan fingerprint density at radius 2 is 2.11 bits per heavy atom. The molecule has 1 saturated heterocycles. The van der Waals surface area contributed by atoms with Crippen molar-refractivity contribution in [3.63, 3.8) is 0 Å². The number of rotatable bonds is 10. The average Bonchev–Trinajstić information content (AvgIpc) is 3.52. The molecule has 1 fully saturated rings. The fourth-order valence-corrected chi connectivity index (χ4v) is 4.41. The van der Waals surface area contributed by atoms with E-state index >= 15 is 0 Å². The maximum atomic E-state index is 13.4. The van der Waals surface area contributed by atoms with Gasteiger partial charge in [0.15, 0.2) is 11.6 Å². The third-order valence-corrected chi connectivity index (χ3v) is 6.64. The first kappa shape index (κ1) is 26.2. The highest BCUT2D eigenvalue weighted by Gasteiger charge is 2.36. The average molecular weight is 517 g/mol. The summed E-state index contributed by atoms with van der Waals surface area (Å²) < 4.78 is 19.0. The van der Waals surface area contributed by atoms with Gasteiger partial charge in [-0.05, 0) is 38.3 Å². The number of para-hydroxylation sites is 1. The molecular weight excluding hydrogens is 484 g/mol. The van der Waals surface area contributed by atoms with E-state index in [1.807, 2.05) is 13.8 Å². The van der Waals surface area contributed by atoms with E-state index in [1.54, 1.807) is 41.2 Å². The van der Waals surface area contributed by atoms with E-state index in [0.717, 1.165) is 6.42 Å². The lowest BCUT2D eigenvalue weighted by Crippen LogP contribution is -2.46. The zero-order valence-electron chi connectivity index (χ0n) is 21.1. The first-order valence-corrected chi connectivity index (χ1v) is 12.6. The lowest BCUT2D eigenvalue weighted by atomic mass is 9.97. The van der Waals surface area contributed by atoms with Crippen molar-refractivity contribution < 1.29 is 23.8 Å². The van der Waals surface area contributed by atoms with Gasteiger partial charge in [-0.2, -0.15) is 5.10 Å². The Labute approximate surface area is 216 Å². The van der Waals surface area contributed by atoms with Gasteiger partial charge >= 0.3 is 0 Å². The molecule has 1 N–H and O–H groups in total. The van der Waals surface area contributed by atoms with Gasteiger partial charge in [-0.1, -0.05) is 44.0 Å². The number of hydrogen-bond donors (Lipinski definition) is 1. The van der Waals surface area contributed by atoms with E-state index in [0.29, 0.717) is 41.9 Å². The predicted molar refractivity (Wildman–Crippen MR) is 135 cm³/mol. The van der Waals surface area contributed by atoms with Crippen molar-refractivity contribution in [2.45, 2.75) is 65.0 Å². The van der Waals surface area contributed by atoms with Crippen LogP contribution in [0.5, 0.6) is 5.75 Å². The molecule has 0 bridgehead atoms. The van der Waals surface area contributed by atoms with Gasteiger partial charge in [0.05, 0.1) is 24.7 Å². The van der Waals surface area contributed by atoms with Gasteiger partial charge < -0.3 is 24.4 Å². The molecule has 1 unspecified atom stereocenters. The molecule has 3 heterocycles. The number of nitrogens with one attached hydrogen (secondary N) is 1. The second-order valence-electron chi connectivity index (χ2n) is 9.74. The van der Waals surface area contributed by atoms with E-state index < -0.39 is 11.8 Å². The van der Waals surface area contributed by atoms with E-state index in [1.165, 1.54) is 11.0 Å². The van der Waals surface area contributed by atoms with Crippen LogP contribution in [0, 0.1) is 5.92 Å². The summed E-state index contributed by atoms with van der Waals surface area (Å²) in [4.78, 5) is 27.8. The zero-order valence-corrected chi connectivity index (χ0v) is 21.8. The number of aromatic nitrogens is 2. The third-order valence-electron chi connectivity index (χ3n) is 6.32.